The van der Waals surface area contributed by atoms with Gasteiger partial charge < -0.3 is 5.32 Å². The summed E-state index contributed by atoms with van der Waals surface area (Å²) in [6, 6.07) is 0. The van der Waals surface area contributed by atoms with Gasteiger partial charge in [0.15, 0.2) is 0 Å². The van der Waals surface area contributed by atoms with Gasteiger partial charge in [-0.1, -0.05) is 27.7 Å². The fraction of sp³-hybridized carbons (Fsp3) is 0.900. The lowest BCUT2D eigenvalue weighted by Gasteiger charge is -2.35. The Morgan fingerprint density at radius 2 is 1.75 bits per heavy atom. The van der Waals surface area contributed by atoms with Crippen LogP contribution < -0.4 is 5.32 Å². The Bertz CT molecular complexity index is 176. The van der Waals surface area contributed by atoms with E-state index in [0.29, 0.717) is 18.3 Å². The molecule has 1 aliphatic heterocycles. The van der Waals surface area contributed by atoms with E-state index in [2.05, 4.69) is 33.0 Å². The summed E-state index contributed by atoms with van der Waals surface area (Å²) in [4.78, 5) is 11.2. The van der Waals surface area contributed by atoms with Crippen molar-refractivity contribution >= 4 is 5.91 Å². The largest absolute Gasteiger partial charge is 0.355 e. The fourth-order valence-corrected chi connectivity index (χ4v) is 2.17. The topological polar surface area (TPSA) is 29.1 Å². The third kappa shape index (κ3) is 1.35. The molecule has 1 fully saturated rings. The molecule has 0 aromatic heterocycles. The SMILES string of the molecule is CC(C)C1(C(C)C)CNC(=O)C1. The van der Waals surface area contributed by atoms with Crippen LogP contribution in [0.3, 0.4) is 0 Å². The van der Waals surface area contributed by atoms with E-state index < -0.39 is 0 Å². The van der Waals surface area contributed by atoms with Crippen LogP contribution in [-0.4, -0.2) is 12.5 Å². The van der Waals surface area contributed by atoms with Gasteiger partial charge in [-0.05, 0) is 11.8 Å². The number of amides is 1. The molecule has 2 nitrogen and oxygen atoms in total. The highest BCUT2D eigenvalue weighted by Crippen LogP contribution is 2.41. The lowest BCUT2D eigenvalue weighted by Crippen LogP contribution is -2.35. The first kappa shape index (κ1) is 9.56. The molecule has 0 atom stereocenters. The summed E-state index contributed by atoms with van der Waals surface area (Å²) >= 11 is 0. The van der Waals surface area contributed by atoms with Crippen LogP contribution in [0.2, 0.25) is 0 Å². The predicted molar refractivity (Wildman–Crippen MR) is 49.7 cm³/mol. The minimum absolute atomic E-state index is 0.205. The van der Waals surface area contributed by atoms with Crippen molar-refractivity contribution in [1.29, 1.82) is 0 Å². The van der Waals surface area contributed by atoms with E-state index >= 15 is 0 Å². The van der Waals surface area contributed by atoms with E-state index in [1.807, 2.05) is 0 Å². The normalized spacial score (nSPS) is 22.0. The van der Waals surface area contributed by atoms with Gasteiger partial charge in [0.05, 0.1) is 0 Å². The first-order valence-electron chi connectivity index (χ1n) is 4.76. The van der Waals surface area contributed by atoms with E-state index in [4.69, 9.17) is 0 Å². The summed E-state index contributed by atoms with van der Waals surface area (Å²) in [7, 11) is 0. The molecule has 0 spiro atoms. The standard InChI is InChI=1S/C10H19NO/c1-7(2)10(8(3)4)5-9(12)11-6-10/h7-8H,5-6H2,1-4H3,(H,11,12). The molecule has 70 valence electrons. The summed E-state index contributed by atoms with van der Waals surface area (Å²) < 4.78 is 0. The zero-order valence-corrected chi connectivity index (χ0v) is 8.48. The van der Waals surface area contributed by atoms with Gasteiger partial charge in [-0.3, -0.25) is 4.79 Å². The van der Waals surface area contributed by atoms with Crippen LogP contribution in [0.5, 0.6) is 0 Å². The summed E-state index contributed by atoms with van der Waals surface area (Å²) in [6.45, 7) is 9.70. The van der Waals surface area contributed by atoms with Crippen LogP contribution in [0.15, 0.2) is 0 Å². The zero-order valence-electron chi connectivity index (χ0n) is 8.48. The molecule has 0 aromatic rings. The van der Waals surface area contributed by atoms with E-state index in [-0.39, 0.29) is 11.3 Å². The van der Waals surface area contributed by atoms with Gasteiger partial charge in [0.2, 0.25) is 5.91 Å². The van der Waals surface area contributed by atoms with Gasteiger partial charge in [0.25, 0.3) is 0 Å². The highest BCUT2D eigenvalue weighted by atomic mass is 16.1. The van der Waals surface area contributed by atoms with Gasteiger partial charge in [0, 0.05) is 18.4 Å². The molecule has 1 aliphatic rings. The smallest absolute Gasteiger partial charge is 0.220 e. The lowest BCUT2D eigenvalue weighted by molar-refractivity contribution is -0.120. The number of rotatable bonds is 2. The Kier molecular flexibility index (Phi) is 2.45. The number of nitrogens with one attached hydrogen (secondary N) is 1. The predicted octanol–water partition coefficient (Wildman–Crippen LogP) is 1.80. The van der Waals surface area contributed by atoms with Crippen LogP contribution in [0, 0.1) is 17.3 Å². The molecule has 0 bridgehead atoms. The summed E-state index contributed by atoms with van der Waals surface area (Å²) in [5.74, 6) is 1.38. The van der Waals surface area contributed by atoms with Gasteiger partial charge >= 0.3 is 0 Å². The fourth-order valence-electron chi connectivity index (χ4n) is 2.17. The van der Waals surface area contributed by atoms with E-state index in [0.717, 1.165) is 6.54 Å². The Morgan fingerprint density at radius 3 is 1.92 bits per heavy atom. The second kappa shape index (κ2) is 3.08. The average molecular weight is 169 g/mol. The van der Waals surface area contributed by atoms with Crippen molar-refractivity contribution in [3.05, 3.63) is 0 Å². The van der Waals surface area contributed by atoms with Crippen LogP contribution in [0.25, 0.3) is 0 Å². The van der Waals surface area contributed by atoms with E-state index in [9.17, 15) is 4.79 Å². The van der Waals surface area contributed by atoms with E-state index in [1.54, 1.807) is 0 Å². The quantitative estimate of drug-likeness (QED) is 0.671. The molecule has 1 saturated heterocycles. The van der Waals surface area contributed by atoms with Crippen molar-refractivity contribution in [1.82, 2.24) is 5.32 Å². The Hall–Kier alpha value is -0.530. The van der Waals surface area contributed by atoms with Gasteiger partial charge in [-0.15, -0.1) is 0 Å². The first-order valence-corrected chi connectivity index (χ1v) is 4.76. The zero-order chi connectivity index (χ0) is 9.35. The van der Waals surface area contributed by atoms with Crippen molar-refractivity contribution in [3.63, 3.8) is 0 Å². The van der Waals surface area contributed by atoms with Crippen molar-refractivity contribution in [3.8, 4) is 0 Å². The van der Waals surface area contributed by atoms with Crippen LogP contribution in [0.4, 0.5) is 0 Å². The lowest BCUT2D eigenvalue weighted by atomic mass is 9.68. The molecular formula is C10H19NO. The molecule has 1 heterocycles. The highest BCUT2D eigenvalue weighted by molar-refractivity contribution is 5.79. The average Bonchev–Trinajstić information content (AvgIpc) is 2.32. The second-order valence-corrected chi connectivity index (χ2v) is 4.50. The second-order valence-electron chi connectivity index (χ2n) is 4.50. The van der Waals surface area contributed by atoms with Crippen molar-refractivity contribution in [2.75, 3.05) is 6.54 Å². The van der Waals surface area contributed by atoms with Crippen LogP contribution in [-0.2, 0) is 4.79 Å². The van der Waals surface area contributed by atoms with Crippen molar-refractivity contribution < 1.29 is 4.79 Å². The maximum Gasteiger partial charge on any atom is 0.220 e. The minimum atomic E-state index is 0.205. The third-order valence-electron chi connectivity index (χ3n) is 3.40. The molecule has 0 unspecified atom stereocenters. The molecule has 12 heavy (non-hydrogen) atoms. The summed E-state index contributed by atoms with van der Waals surface area (Å²) in [5, 5.41) is 2.93. The maximum atomic E-state index is 11.2. The molecule has 0 aromatic carbocycles. The van der Waals surface area contributed by atoms with E-state index in [1.165, 1.54) is 0 Å². The number of hydrogen-bond acceptors (Lipinski definition) is 1. The summed E-state index contributed by atoms with van der Waals surface area (Å²) in [5.41, 5.74) is 0.205. The summed E-state index contributed by atoms with van der Waals surface area (Å²) in [6.07, 6.45) is 0.711. The molecule has 1 amide bonds. The monoisotopic (exact) mass is 169 g/mol. The molecule has 0 aliphatic carbocycles. The first-order chi connectivity index (χ1) is 5.49. The van der Waals surface area contributed by atoms with Crippen LogP contribution in [0.1, 0.15) is 34.1 Å². The Morgan fingerprint density at radius 1 is 1.25 bits per heavy atom. The molecule has 1 N–H and O–H groups in total. The molecule has 0 saturated carbocycles. The number of hydrogen-bond donors (Lipinski definition) is 1. The molecule has 2 heteroatoms. The highest BCUT2D eigenvalue weighted by Gasteiger charge is 2.43. The van der Waals surface area contributed by atoms with Crippen LogP contribution >= 0.6 is 0 Å². The van der Waals surface area contributed by atoms with Crippen molar-refractivity contribution in [2.24, 2.45) is 17.3 Å². The number of carbonyl (C=O) groups excluding carboxylic acids is 1. The molecule has 1 rings (SSSR count). The Labute approximate surface area is 74.7 Å². The number of carbonyl (C=O) groups is 1. The maximum absolute atomic E-state index is 11.2. The van der Waals surface area contributed by atoms with Gasteiger partial charge in [0.1, 0.15) is 0 Å². The molecule has 0 radical (unpaired) electrons. The molecular weight excluding hydrogens is 150 g/mol. The van der Waals surface area contributed by atoms with Gasteiger partial charge in [-0.2, -0.15) is 0 Å². The van der Waals surface area contributed by atoms with Gasteiger partial charge in [-0.25, -0.2) is 0 Å². The van der Waals surface area contributed by atoms with Crippen molar-refractivity contribution in [2.45, 2.75) is 34.1 Å². The minimum Gasteiger partial charge on any atom is -0.355 e. The third-order valence-corrected chi connectivity index (χ3v) is 3.40. The Balaban J connectivity index is 2.81.